The molecule has 162 valence electrons. The molecule has 6 nitrogen and oxygen atoms in total. The van der Waals surface area contributed by atoms with Crippen molar-refractivity contribution in [2.45, 2.75) is 32.2 Å². The van der Waals surface area contributed by atoms with E-state index in [1.54, 1.807) is 24.7 Å². The van der Waals surface area contributed by atoms with Gasteiger partial charge in [-0.05, 0) is 74.3 Å². The molecule has 31 heavy (non-hydrogen) atoms. The van der Waals surface area contributed by atoms with E-state index in [2.05, 4.69) is 31.0 Å². The van der Waals surface area contributed by atoms with E-state index in [1.807, 2.05) is 30.5 Å². The van der Waals surface area contributed by atoms with Crippen molar-refractivity contribution in [2.75, 3.05) is 27.8 Å². The summed E-state index contributed by atoms with van der Waals surface area (Å²) in [6.45, 7) is 3.26. The smallest absolute Gasteiger partial charge is 0.258 e. The fourth-order valence-electron chi connectivity index (χ4n) is 4.18. The van der Waals surface area contributed by atoms with Crippen LogP contribution >= 0.6 is 0 Å². The molecule has 3 aromatic rings. The van der Waals surface area contributed by atoms with E-state index < -0.39 is 0 Å². The Kier molecular flexibility index (Phi) is 6.09. The van der Waals surface area contributed by atoms with Gasteiger partial charge in [0.2, 0.25) is 0 Å². The van der Waals surface area contributed by atoms with Crippen LogP contribution in [0.3, 0.4) is 0 Å². The SMILES string of the molecule is CCN(C)C1CC=C(c2ccc3nc(-c4ccc(OC)c(OC)c4)cc(=O)n3c2)CC1. The van der Waals surface area contributed by atoms with Gasteiger partial charge in [0.05, 0.1) is 19.9 Å². The summed E-state index contributed by atoms with van der Waals surface area (Å²) in [6, 6.07) is 11.7. The molecule has 0 amide bonds. The molecule has 1 atom stereocenters. The van der Waals surface area contributed by atoms with Crippen LogP contribution in [0.1, 0.15) is 31.7 Å². The Bertz CT molecular complexity index is 1180. The first-order valence-corrected chi connectivity index (χ1v) is 10.7. The first kappa shape index (κ1) is 21.1. The van der Waals surface area contributed by atoms with Crippen molar-refractivity contribution in [3.05, 3.63) is 64.6 Å². The molecular formula is C25H29N3O3. The molecule has 1 aliphatic rings. The number of rotatable bonds is 6. The molecule has 1 aliphatic carbocycles. The molecule has 0 saturated heterocycles. The van der Waals surface area contributed by atoms with E-state index >= 15 is 0 Å². The van der Waals surface area contributed by atoms with Crippen molar-refractivity contribution >= 4 is 11.2 Å². The van der Waals surface area contributed by atoms with Gasteiger partial charge in [0.25, 0.3) is 5.56 Å². The monoisotopic (exact) mass is 419 g/mol. The van der Waals surface area contributed by atoms with Gasteiger partial charge in [0.15, 0.2) is 11.5 Å². The van der Waals surface area contributed by atoms with Gasteiger partial charge in [-0.15, -0.1) is 0 Å². The predicted octanol–water partition coefficient (Wildman–Crippen LogP) is 4.27. The summed E-state index contributed by atoms with van der Waals surface area (Å²) in [5, 5.41) is 0. The second-order valence-corrected chi connectivity index (χ2v) is 7.93. The van der Waals surface area contributed by atoms with Crippen LogP contribution in [0, 0.1) is 0 Å². The van der Waals surface area contributed by atoms with Gasteiger partial charge < -0.3 is 14.4 Å². The van der Waals surface area contributed by atoms with Crippen LogP contribution in [0.15, 0.2) is 53.5 Å². The summed E-state index contributed by atoms with van der Waals surface area (Å²) in [7, 11) is 5.37. The maximum atomic E-state index is 12.9. The summed E-state index contributed by atoms with van der Waals surface area (Å²) < 4.78 is 12.3. The third-order valence-corrected chi connectivity index (χ3v) is 6.22. The largest absolute Gasteiger partial charge is 0.493 e. The Morgan fingerprint density at radius 1 is 1.10 bits per heavy atom. The van der Waals surface area contributed by atoms with Crippen LogP contribution in [0.2, 0.25) is 0 Å². The standard InChI is InChI=1S/C25H29N3O3/c1-5-27(2)20-10-6-17(7-11-20)19-9-13-24-26-21(15-25(29)28(24)16-19)18-8-12-22(30-3)23(14-18)31-4/h6,8-9,12-16,20H,5,7,10-11H2,1-4H3. The number of hydrogen-bond acceptors (Lipinski definition) is 5. The molecule has 0 spiro atoms. The number of pyridine rings is 1. The average molecular weight is 420 g/mol. The second-order valence-electron chi connectivity index (χ2n) is 7.93. The number of allylic oxidation sites excluding steroid dienone is 1. The van der Waals surface area contributed by atoms with E-state index in [0.717, 1.165) is 36.9 Å². The summed E-state index contributed by atoms with van der Waals surface area (Å²) in [6.07, 6.45) is 7.44. The van der Waals surface area contributed by atoms with Gasteiger partial charge in [0.1, 0.15) is 5.65 Å². The Morgan fingerprint density at radius 2 is 1.87 bits per heavy atom. The number of methoxy groups -OCH3 is 2. The van der Waals surface area contributed by atoms with Crippen molar-refractivity contribution in [1.29, 1.82) is 0 Å². The molecule has 0 radical (unpaired) electrons. The van der Waals surface area contributed by atoms with Crippen LogP contribution < -0.4 is 15.0 Å². The normalized spacial score (nSPS) is 16.4. The summed E-state index contributed by atoms with van der Waals surface area (Å²) in [4.78, 5) is 20.0. The minimum absolute atomic E-state index is 0.100. The average Bonchev–Trinajstić information content (AvgIpc) is 2.82. The third-order valence-electron chi connectivity index (χ3n) is 6.22. The molecular weight excluding hydrogens is 390 g/mol. The molecule has 1 aromatic carbocycles. The molecule has 0 aliphatic heterocycles. The lowest BCUT2D eigenvalue weighted by Crippen LogP contribution is -2.32. The molecule has 6 heteroatoms. The van der Waals surface area contributed by atoms with E-state index in [-0.39, 0.29) is 5.56 Å². The molecule has 0 fully saturated rings. The molecule has 1 unspecified atom stereocenters. The van der Waals surface area contributed by atoms with E-state index in [9.17, 15) is 4.79 Å². The number of aromatic nitrogens is 2. The highest BCUT2D eigenvalue weighted by molar-refractivity contribution is 5.69. The fourth-order valence-corrected chi connectivity index (χ4v) is 4.18. The summed E-state index contributed by atoms with van der Waals surface area (Å²) >= 11 is 0. The quantitative estimate of drug-likeness (QED) is 0.597. The fraction of sp³-hybridized carbons (Fsp3) is 0.360. The minimum atomic E-state index is -0.100. The van der Waals surface area contributed by atoms with Crippen molar-refractivity contribution in [3.8, 4) is 22.8 Å². The maximum absolute atomic E-state index is 12.9. The highest BCUT2D eigenvalue weighted by Crippen LogP contribution is 2.32. The van der Waals surface area contributed by atoms with Crippen molar-refractivity contribution in [2.24, 2.45) is 0 Å². The topological polar surface area (TPSA) is 56.1 Å². The van der Waals surface area contributed by atoms with Gasteiger partial charge >= 0.3 is 0 Å². The molecule has 2 aromatic heterocycles. The third kappa shape index (κ3) is 4.21. The van der Waals surface area contributed by atoms with E-state index in [4.69, 9.17) is 14.5 Å². The van der Waals surface area contributed by atoms with Crippen LogP contribution in [-0.2, 0) is 0 Å². The molecule has 0 bridgehead atoms. The molecule has 0 saturated carbocycles. The van der Waals surface area contributed by atoms with E-state index in [0.29, 0.717) is 28.9 Å². The highest BCUT2D eigenvalue weighted by Gasteiger charge is 2.18. The number of benzene rings is 1. The van der Waals surface area contributed by atoms with Gasteiger partial charge in [-0.3, -0.25) is 9.20 Å². The molecule has 2 heterocycles. The Hall–Kier alpha value is -3.12. The maximum Gasteiger partial charge on any atom is 0.258 e. The molecule has 4 rings (SSSR count). The van der Waals surface area contributed by atoms with Crippen LogP contribution in [0.4, 0.5) is 0 Å². The zero-order chi connectivity index (χ0) is 22.0. The van der Waals surface area contributed by atoms with Gasteiger partial charge in [-0.1, -0.05) is 13.0 Å². The lowest BCUT2D eigenvalue weighted by molar-refractivity contribution is 0.240. The Balaban J connectivity index is 1.67. The summed E-state index contributed by atoms with van der Waals surface area (Å²) in [5.74, 6) is 1.25. The second kappa shape index (κ2) is 8.94. The lowest BCUT2D eigenvalue weighted by Gasteiger charge is -2.29. The summed E-state index contributed by atoms with van der Waals surface area (Å²) in [5.41, 5.74) is 4.34. The van der Waals surface area contributed by atoms with Gasteiger partial charge in [0, 0.05) is 23.9 Å². The lowest BCUT2D eigenvalue weighted by atomic mass is 9.91. The predicted molar refractivity (Wildman–Crippen MR) is 124 cm³/mol. The van der Waals surface area contributed by atoms with Crippen molar-refractivity contribution < 1.29 is 9.47 Å². The number of nitrogens with zero attached hydrogens (tertiary/aromatic N) is 3. The number of ether oxygens (including phenoxy) is 2. The van der Waals surface area contributed by atoms with Crippen molar-refractivity contribution in [1.82, 2.24) is 14.3 Å². The van der Waals surface area contributed by atoms with E-state index in [1.165, 1.54) is 5.57 Å². The van der Waals surface area contributed by atoms with Gasteiger partial charge in [-0.2, -0.15) is 0 Å². The van der Waals surface area contributed by atoms with Gasteiger partial charge in [-0.25, -0.2) is 4.98 Å². The zero-order valence-electron chi connectivity index (χ0n) is 18.6. The first-order chi connectivity index (χ1) is 15.0. The zero-order valence-corrected chi connectivity index (χ0v) is 18.6. The Morgan fingerprint density at radius 3 is 2.55 bits per heavy atom. The number of fused-ring (bicyclic) bond motifs is 1. The highest BCUT2D eigenvalue weighted by atomic mass is 16.5. The molecule has 0 N–H and O–H groups in total. The van der Waals surface area contributed by atoms with Crippen LogP contribution in [0.5, 0.6) is 11.5 Å². The van der Waals surface area contributed by atoms with Crippen LogP contribution in [0.25, 0.3) is 22.5 Å². The minimum Gasteiger partial charge on any atom is -0.493 e. The number of hydrogen-bond donors (Lipinski definition) is 0. The van der Waals surface area contributed by atoms with Crippen LogP contribution in [-0.4, -0.2) is 48.1 Å². The van der Waals surface area contributed by atoms with Crippen molar-refractivity contribution in [3.63, 3.8) is 0 Å². The first-order valence-electron chi connectivity index (χ1n) is 10.7. The Labute approximate surface area is 182 Å².